The van der Waals surface area contributed by atoms with Crippen molar-refractivity contribution < 1.29 is 23.7 Å². The van der Waals surface area contributed by atoms with Crippen molar-refractivity contribution in [3.8, 4) is 0 Å². The standard InChI is InChI=1S/C10H20O5/c1-9(10(11)13-3)15-8-7-14-6-4-5-12-2/h9H,4-8H2,1-3H3/t9-/m1/s1. The number of carbonyl (C=O) groups excluding carboxylic acids is 1. The van der Waals surface area contributed by atoms with Gasteiger partial charge in [-0.1, -0.05) is 0 Å². The van der Waals surface area contributed by atoms with Crippen LogP contribution in [-0.2, 0) is 23.7 Å². The van der Waals surface area contributed by atoms with Crippen LogP contribution in [0.15, 0.2) is 0 Å². The number of carbonyl (C=O) groups is 1. The molecule has 15 heavy (non-hydrogen) atoms. The van der Waals surface area contributed by atoms with E-state index in [9.17, 15) is 4.79 Å². The molecule has 0 aromatic carbocycles. The van der Waals surface area contributed by atoms with Gasteiger partial charge in [-0.3, -0.25) is 0 Å². The van der Waals surface area contributed by atoms with Gasteiger partial charge >= 0.3 is 5.97 Å². The molecular weight excluding hydrogens is 200 g/mol. The Bertz CT molecular complexity index is 160. The maximum absolute atomic E-state index is 10.9. The Hall–Kier alpha value is -0.650. The van der Waals surface area contributed by atoms with Crippen LogP contribution in [0, 0.1) is 0 Å². The van der Waals surface area contributed by atoms with Gasteiger partial charge in [-0.15, -0.1) is 0 Å². The van der Waals surface area contributed by atoms with Gasteiger partial charge in [0, 0.05) is 20.3 Å². The van der Waals surface area contributed by atoms with Crippen molar-refractivity contribution in [1.82, 2.24) is 0 Å². The highest BCUT2D eigenvalue weighted by molar-refractivity contribution is 5.73. The fraction of sp³-hybridized carbons (Fsp3) is 0.900. The van der Waals surface area contributed by atoms with E-state index in [1.807, 2.05) is 0 Å². The predicted octanol–water partition coefficient (Wildman–Crippen LogP) is 0.618. The zero-order valence-electron chi connectivity index (χ0n) is 9.65. The van der Waals surface area contributed by atoms with E-state index in [1.54, 1.807) is 14.0 Å². The summed E-state index contributed by atoms with van der Waals surface area (Å²) in [6.45, 7) is 3.86. The molecule has 0 amide bonds. The Labute approximate surface area is 90.6 Å². The number of esters is 1. The molecule has 0 aliphatic heterocycles. The van der Waals surface area contributed by atoms with Gasteiger partial charge < -0.3 is 18.9 Å². The fourth-order valence-corrected chi connectivity index (χ4v) is 0.925. The molecule has 0 saturated heterocycles. The Balaban J connectivity index is 3.20. The quantitative estimate of drug-likeness (QED) is 0.421. The molecule has 0 aliphatic carbocycles. The minimum Gasteiger partial charge on any atom is -0.467 e. The molecule has 0 rings (SSSR count). The number of hydrogen-bond donors (Lipinski definition) is 0. The van der Waals surface area contributed by atoms with E-state index in [0.717, 1.165) is 6.42 Å². The molecule has 0 fully saturated rings. The van der Waals surface area contributed by atoms with Crippen LogP contribution in [0.4, 0.5) is 0 Å². The van der Waals surface area contributed by atoms with Crippen molar-refractivity contribution in [1.29, 1.82) is 0 Å². The third-order valence-electron chi connectivity index (χ3n) is 1.77. The van der Waals surface area contributed by atoms with Crippen molar-refractivity contribution in [2.24, 2.45) is 0 Å². The van der Waals surface area contributed by atoms with Crippen molar-refractivity contribution in [2.75, 3.05) is 40.6 Å². The molecule has 90 valence electrons. The van der Waals surface area contributed by atoms with Gasteiger partial charge in [0.1, 0.15) is 0 Å². The highest BCUT2D eigenvalue weighted by Gasteiger charge is 2.12. The Morgan fingerprint density at radius 1 is 1.13 bits per heavy atom. The first kappa shape index (κ1) is 14.3. The van der Waals surface area contributed by atoms with Gasteiger partial charge in [-0.05, 0) is 13.3 Å². The summed E-state index contributed by atoms with van der Waals surface area (Å²) in [4.78, 5) is 10.9. The number of ether oxygens (including phenoxy) is 4. The van der Waals surface area contributed by atoms with Crippen LogP contribution in [0.3, 0.4) is 0 Å². The molecule has 0 spiro atoms. The molecule has 0 N–H and O–H groups in total. The molecule has 0 aliphatic rings. The topological polar surface area (TPSA) is 54.0 Å². The van der Waals surface area contributed by atoms with Gasteiger partial charge in [0.05, 0.1) is 20.3 Å². The summed E-state index contributed by atoms with van der Waals surface area (Å²) in [5, 5.41) is 0. The molecule has 0 unspecified atom stereocenters. The predicted molar refractivity (Wildman–Crippen MR) is 54.7 cm³/mol. The van der Waals surface area contributed by atoms with Gasteiger partial charge in [0.25, 0.3) is 0 Å². The zero-order chi connectivity index (χ0) is 11.5. The molecule has 0 aromatic heterocycles. The minimum absolute atomic E-state index is 0.366. The summed E-state index contributed by atoms with van der Waals surface area (Å²) >= 11 is 0. The second-order valence-electron chi connectivity index (χ2n) is 2.99. The maximum Gasteiger partial charge on any atom is 0.334 e. The van der Waals surface area contributed by atoms with E-state index < -0.39 is 6.10 Å². The van der Waals surface area contributed by atoms with Crippen LogP contribution in [0.1, 0.15) is 13.3 Å². The van der Waals surface area contributed by atoms with Crippen LogP contribution in [0.25, 0.3) is 0 Å². The smallest absolute Gasteiger partial charge is 0.334 e. The van der Waals surface area contributed by atoms with Crippen LogP contribution in [0.5, 0.6) is 0 Å². The van der Waals surface area contributed by atoms with Crippen molar-refractivity contribution in [3.05, 3.63) is 0 Å². The highest BCUT2D eigenvalue weighted by atomic mass is 16.6. The maximum atomic E-state index is 10.9. The van der Waals surface area contributed by atoms with Gasteiger partial charge in [-0.2, -0.15) is 0 Å². The molecule has 0 heterocycles. The van der Waals surface area contributed by atoms with Gasteiger partial charge in [0.2, 0.25) is 0 Å². The first-order chi connectivity index (χ1) is 7.22. The second-order valence-corrected chi connectivity index (χ2v) is 2.99. The van der Waals surface area contributed by atoms with Crippen LogP contribution in [-0.4, -0.2) is 52.7 Å². The van der Waals surface area contributed by atoms with Crippen molar-refractivity contribution >= 4 is 5.97 Å². The van der Waals surface area contributed by atoms with E-state index in [-0.39, 0.29) is 5.97 Å². The third-order valence-corrected chi connectivity index (χ3v) is 1.77. The van der Waals surface area contributed by atoms with E-state index in [0.29, 0.717) is 26.4 Å². The first-order valence-electron chi connectivity index (χ1n) is 4.98. The molecule has 0 saturated carbocycles. The monoisotopic (exact) mass is 220 g/mol. The number of hydrogen-bond acceptors (Lipinski definition) is 5. The third kappa shape index (κ3) is 8.35. The van der Waals surface area contributed by atoms with E-state index in [1.165, 1.54) is 7.11 Å². The molecular formula is C10H20O5. The highest BCUT2D eigenvalue weighted by Crippen LogP contribution is 1.93. The van der Waals surface area contributed by atoms with Crippen molar-refractivity contribution in [2.45, 2.75) is 19.4 Å². The lowest BCUT2D eigenvalue weighted by Crippen LogP contribution is -2.23. The lowest BCUT2D eigenvalue weighted by atomic mass is 10.4. The normalized spacial score (nSPS) is 12.5. The summed E-state index contributed by atoms with van der Waals surface area (Å²) in [6, 6.07) is 0. The lowest BCUT2D eigenvalue weighted by molar-refractivity contribution is -0.153. The molecule has 0 aromatic rings. The summed E-state index contributed by atoms with van der Waals surface area (Å²) in [5.74, 6) is -0.366. The van der Waals surface area contributed by atoms with Crippen molar-refractivity contribution in [3.63, 3.8) is 0 Å². The van der Waals surface area contributed by atoms with Crippen LogP contribution >= 0.6 is 0 Å². The Morgan fingerprint density at radius 2 is 1.87 bits per heavy atom. The average Bonchev–Trinajstić information content (AvgIpc) is 2.26. The zero-order valence-corrected chi connectivity index (χ0v) is 9.65. The molecule has 0 bridgehead atoms. The van der Waals surface area contributed by atoms with Gasteiger partial charge in [-0.25, -0.2) is 4.79 Å². The average molecular weight is 220 g/mol. The molecule has 5 nitrogen and oxygen atoms in total. The summed E-state index contributed by atoms with van der Waals surface area (Å²) < 4.78 is 19.8. The van der Waals surface area contributed by atoms with Crippen LogP contribution in [0.2, 0.25) is 0 Å². The Morgan fingerprint density at radius 3 is 2.47 bits per heavy atom. The SMILES string of the molecule is COCCCOCCO[C@H](C)C(=O)OC. The second kappa shape index (κ2) is 9.89. The van der Waals surface area contributed by atoms with E-state index in [4.69, 9.17) is 14.2 Å². The molecule has 1 atom stereocenters. The largest absolute Gasteiger partial charge is 0.467 e. The number of rotatable bonds is 9. The fourth-order valence-electron chi connectivity index (χ4n) is 0.925. The van der Waals surface area contributed by atoms with Gasteiger partial charge in [0.15, 0.2) is 6.10 Å². The first-order valence-corrected chi connectivity index (χ1v) is 4.98. The molecule has 5 heteroatoms. The van der Waals surface area contributed by atoms with E-state index in [2.05, 4.69) is 4.74 Å². The van der Waals surface area contributed by atoms with E-state index >= 15 is 0 Å². The Kier molecular flexibility index (Phi) is 9.46. The molecule has 0 radical (unpaired) electrons. The summed E-state index contributed by atoms with van der Waals surface area (Å²) in [7, 11) is 2.99. The number of methoxy groups -OCH3 is 2. The summed E-state index contributed by atoms with van der Waals surface area (Å²) in [5.41, 5.74) is 0. The lowest BCUT2D eigenvalue weighted by Gasteiger charge is -2.10. The summed E-state index contributed by atoms with van der Waals surface area (Å²) in [6.07, 6.45) is 0.334. The minimum atomic E-state index is -0.530. The van der Waals surface area contributed by atoms with Crippen LogP contribution < -0.4 is 0 Å².